The van der Waals surface area contributed by atoms with Crippen LogP contribution in [0.25, 0.3) is 33.5 Å². The molecule has 2 N–H and O–H groups in total. The van der Waals surface area contributed by atoms with E-state index in [1.807, 2.05) is 18.2 Å². The van der Waals surface area contributed by atoms with Crippen molar-refractivity contribution in [2.24, 2.45) is 0 Å². The third-order valence-electron chi connectivity index (χ3n) is 4.21. The fourth-order valence-corrected chi connectivity index (χ4v) is 2.95. The van der Waals surface area contributed by atoms with E-state index in [-0.39, 0.29) is 0 Å². The molecule has 146 valence electrons. The molecule has 0 aromatic carbocycles. The Balaban J connectivity index is 1.76. The Labute approximate surface area is 164 Å². The van der Waals surface area contributed by atoms with Gasteiger partial charge in [0.1, 0.15) is 17.9 Å². The Morgan fingerprint density at radius 2 is 2.17 bits per heavy atom. The number of hydrogen-bond donors (Lipinski definition) is 2. The number of rotatable bonds is 7. The topological polar surface area (TPSA) is 108 Å². The van der Waals surface area contributed by atoms with Crippen LogP contribution in [-0.4, -0.2) is 42.7 Å². The molecule has 0 spiro atoms. The number of H-pyrrole nitrogens is 1. The lowest BCUT2D eigenvalue weighted by Gasteiger charge is -2.05. The molecule has 0 saturated carbocycles. The number of nitriles is 1. The summed E-state index contributed by atoms with van der Waals surface area (Å²) in [6.07, 6.45) is 4.32. The fourth-order valence-electron chi connectivity index (χ4n) is 2.95. The van der Waals surface area contributed by atoms with Crippen molar-refractivity contribution in [2.45, 2.75) is 19.4 Å². The number of fused-ring (bicyclic) bond motifs is 1. The van der Waals surface area contributed by atoms with Gasteiger partial charge in [0.05, 0.1) is 18.2 Å². The molecule has 0 aliphatic heterocycles. The van der Waals surface area contributed by atoms with E-state index in [9.17, 15) is 8.78 Å². The second kappa shape index (κ2) is 8.02. The average Bonchev–Trinajstić information content (AvgIpc) is 3.34. The number of aromatic nitrogens is 6. The summed E-state index contributed by atoms with van der Waals surface area (Å²) in [5, 5.41) is 16.9. The maximum atomic E-state index is 12.9. The van der Waals surface area contributed by atoms with Crippen molar-refractivity contribution in [3.8, 4) is 28.6 Å². The highest BCUT2D eigenvalue weighted by Crippen LogP contribution is 2.31. The van der Waals surface area contributed by atoms with E-state index in [2.05, 4.69) is 30.4 Å². The largest absolute Gasteiger partial charge is 0.353 e. The van der Waals surface area contributed by atoms with Crippen LogP contribution in [0.4, 0.5) is 14.7 Å². The van der Waals surface area contributed by atoms with Gasteiger partial charge in [-0.1, -0.05) is 0 Å². The lowest BCUT2D eigenvalue weighted by Crippen LogP contribution is -2.06. The second-order valence-electron chi connectivity index (χ2n) is 6.24. The molecular weight excluding hydrogens is 378 g/mol. The van der Waals surface area contributed by atoms with Crippen LogP contribution in [0.5, 0.6) is 0 Å². The number of nitrogens with zero attached hydrogens (tertiary/aromatic N) is 6. The van der Waals surface area contributed by atoms with Gasteiger partial charge in [-0.25, -0.2) is 23.7 Å². The van der Waals surface area contributed by atoms with Crippen molar-refractivity contribution < 1.29 is 8.78 Å². The fraction of sp³-hybridized carbons (Fsp3) is 0.211. The Bertz CT molecular complexity index is 1170. The van der Waals surface area contributed by atoms with Crippen molar-refractivity contribution >= 4 is 17.0 Å². The Hall–Kier alpha value is -3.87. The van der Waals surface area contributed by atoms with E-state index in [1.54, 1.807) is 30.9 Å². The molecule has 0 aliphatic rings. The number of pyridine rings is 1. The number of aromatic amines is 1. The summed E-state index contributed by atoms with van der Waals surface area (Å²) >= 11 is 0. The highest BCUT2D eigenvalue weighted by molar-refractivity contribution is 5.85. The molecule has 0 fully saturated rings. The molecule has 0 bridgehead atoms. The molecule has 0 amide bonds. The molecule has 0 saturated heterocycles. The molecule has 29 heavy (non-hydrogen) atoms. The van der Waals surface area contributed by atoms with Gasteiger partial charge in [-0.2, -0.15) is 10.4 Å². The highest BCUT2D eigenvalue weighted by Gasteiger charge is 2.17. The summed E-state index contributed by atoms with van der Waals surface area (Å²) in [6, 6.07) is 7.49. The molecule has 0 atom stereocenters. The summed E-state index contributed by atoms with van der Waals surface area (Å²) in [5.41, 5.74) is 3.05. The Morgan fingerprint density at radius 3 is 3.00 bits per heavy atom. The van der Waals surface area contributed by atoms with Gasteiger partial charge in [-0.3, -0.25) is 4.68 Å². The smallest absolute Gasteiger partial charge is 0.257 e. The average molecular weight is 394 g/mol. The number of nitrogens with one attached hydrogen (secondary N) is 2. The predicted octanol–water partition coefficient (Wildman–Crippen LogP) is 3.47. The molecule has 10 heteroatoms. The monoisotopic (exact) mass is 394 g/mol. The Morgan fingerprint density at radius 1 is 1.28 bits per heavy atom. The maximum absolute atomic E-state index is 12.9. The van der Waals surface area contributed by atoms with E-state index in [0.29, 0.717) is 41.4 Å². The van der Waals surface area contributed by atoms with Crippen LogP contribution in [-0.2, 0) is 6.54 Å². The maximum Gasteiger partial charge on any atom is 0.257 e. The molecular formula is C19H16F2N8. The van der Waals surface area contributed by atoms with Crippen LogP contribution in [0.1, 0.15) is 6.42 Å². The second-order valence-corrected chi connectivity index (χ2v) is 6.24. The van der Waals surface area contributed by atoms with E-state index >= 15 is 0 Å². The number of halogens is 2. The summed E-state index contributed by atoms with van der Waals surface area (Å²) < 4.78 is 27.1. The molecule has 4 heterocycles. The summed E-state index contributed by atoms with van der Waals surface area (Å²) in [5.74, 6) is 0.351. The van der Waals surface area contributed by atoms with Crippen LogP contribution in [0.3, 0.4) is 0 Å². The van der Waals surface area contributed by atoms with Crippen LogP contribution < -0.4 is 5.32 Å². The minimum atomic E-state index is -2.53. The molecule has 8 nitrogen and oxygen atoms in total. The SMILES string of the molecule is N#CCCNc1nccc(-c2cn(CC(F)F)nc2-c2cnc3[nH]ccc3c2)n1. The number of alkyl halides is 2. The highest BCUT2D eigenvalue weighted by atomic mass is 19.3. The van der Waals surface area contributed by atoms with E-state index in [0.717, 1.165) is 11.0 Å². The summed E-state index contributed by atoms with van der Waals surface area (Å²) in [4.78, 5) is 16.0. The third-order valence-corrected chi connectivity index (χ3v) is 4.21. The molecule has 4 aromatic rings. The molecule has 4 aromatic heterocycles. The predicted molar refractivity (Wildman–Crippen MR) is 103 cm³/mol. The first kappa shape index (κ1) is 18.5. The third kappa shape index (κ3) is 4.03. The van der Waals surface area contributed by atoms with Gasteiger partial charge in [0, 0.05) is 47.8 Å². The number of hydrogen-bond acceptors (Lipinski definition) is 6. The minimum absolute atomic E-state index is 0.313. The molecule has 0 aliphatic carbocycles. The van der Waals surface area contributed by atoms with Crippen LogP contribution in [0, 0.1) is 11.3 Å². The minimum Gasteiger partial charge on any atom is -0.353 e. The molecule has 0 unspecified atom stereocenters. The van der Waals surface area contributed by atoms with E-state index in [1.165, 1.54) is 4.68 Å². The normalized spacial score (nSPS) is 11.1. The lowest BCUT2D eigenvalue weighted by molar-refractivity contribution is 0.122. The van der Waals surface area contributed by atoms with Crippen molar-refractivity contribution in [3.05, 3.63) is 43.0 Å². The first-order chi connectivity index (χ1) is 14.1. The molecule has 4 rings (SSSR count). The zero-order valence-electron chi connectivity index (χ0n) is 15.2. The van der Waals surface area contributed by atoms with Crippen molar-refractivity contribution in [2.75, 3.05) is 11.9 Å². The molecule has 0 radical (unpaired) electrons. The van der Waals surface area contributed by atoms with Gasteiger partial charge in [0.2, 0.25) is 5.95 Å². The van der Waals surface area contributed by atoms with Crippen molar-refractivity contribution in [1.29, 1.82) is 5.26 Å². The zero-order valence-corrected chi connectivity index (χ0v) is 15.2. The van der Waals surface area contributed by atoms with Crippen LogP contribution in [0.15, 0.2) is 43.0 Å². The van der Waals surface area contributed by atoms with Crippen molar-refractivity contribution in [1.82, 2.24) is 29.7 Å². The standard InChI is InChI=1S/C19H16F2N8/c20-16(21)11-29-10-14(15-3-7-25-19(27-15)24-5-1-4-22)17(28-29)13-8-12-2-6-23-18(12)26-9-13/h2-3,6-10,16H,1,5,11H2,(H,23,26)(H,24,25,27). The van der Waals surface area contributed by atoms with Gasteiger partial charge >= 0.3 is 0 Å². The van der Waals surface area contributed by atoms with E-state index < -0.39 is 13.0 Å². The first-order valence-corrected chi connectivity index (χ1v) is 8.87. The van der Waals surface area contributed by atoms with Crippen molar-refractivity contribution in [3.63, 3.8) is 0 Å². The van der Waals surface area contributed by atoms with Gasteiger partial charge in [0.15, 0.2) is 0 Å². The van der Waals surface area contributed by atoms with Gasteiger partial charge in [-0.05, 0) is 18.2 Å². The summed E-state index contributed by atoms with van der Waals surface area (Å²) in [7, 11) is 0. The lowest BCUT2D eigenvalue weighted by atomic mass is 10.1. The van der Waals surface area contributed by atoms with Crippen LogP contribution >= 0.6 is 0 Å². The van der Waals surface area contributed by atoms with Crippen LogP contribution in [0.2, 0.25) is 0 Å². The zero-order chi connectivity index (χ0) is 20.2. The first-order valence-electron chi connectivity index (χ1n) is 8.87. The summed E-state index contributed by atoms with van der Waals surface area (Å²) in [6.45, 7) is -0.114. The van der Waals surface area contributed by atoms with E-state index in [4.69, 9.17) is 5.26 Å². The quantitative estimate of drug-likeness (QED) is 0.465. The van der Waals surface area contributed by atoms with Gasteiger partial charge in [0.25, 0.3) is 6.43 Å². The van der Waals surface area contributed by atoms with Gasteiger partial charge < -0.3 is 10.3 Å². The Kier molecular flexibility index (Phi) is 5.11. The van der Waals surface area contributed by atoms with Gasteiger partial charge in [-0.15, -0.1) is 0 Å². The number of anilines is 1.